The number of fused-ring (bicyclic) bond motifs is 7. The third-order valence-electron chi connectivity index (χ3n) is 13.4. The Kier molecular flexibility index (Phi) is 9.17. The van der Waals surface area contributed by atoms with Crippen LogP contribution in [0.25, 0.3) is 105 Å². The van der Waals surface area contributed by atoms with E-state index in [9.17, 15) is 0 Å². The molecule has 314 valence electrons. The van der Waals surface area contributed by atoms with E-state index in [1.165, 1.54) is 49.3 Å². The number of para-hydroxylation sites is 4. The van der Waals surface area contributed by atoms with Crippen molar-refractivity contribution in [2.75, 3.05) is 4.90 Å². The highest BCUT2D eigenvalue weighted by molar-refractivity contribution is 6.11. The van der Waals surface area contributed by atoms with Gasteiger partial charge in [-0.3, -0.25) is 0 Å². The number of aromatic nitrogens is 1. The van der Waals surface area contributed by atoms with Crippen molar-refractivity contribution in [3.05, 3.63) is 255 Å². The summed E-state index contributed by atoms with van der Waals surface area (Å²) in [6, 6.07) is 92.1. The molecule has 2 heterocycles. The average Bonchev–Trinajstić information content (AvgIpc) is 3.94. The second kappa shape index (κ2) is 16.0. The largest absolute Gasteiger partial charge is 0.456 e. The molecule has 67 heavy (non-hydrogen) atoms. The minimum absolute atomic E-state index is 0.897. The van der Waals surface area contributed by atoms with Gasteiger partial charge in [0.15, 0.2) is 0 Å². The van der Waals surface area contributed by atoms with Crippen LogP contribution < -0.4 is 4.90 Å². The van der Waals surface area contributed by atoms with E-state index in [1.807, 2.05) is 12.1 Å². The Morgan fingerprint density at radius 1 is 0.313 bits per heavy atom. The minimum atomic E-state index is 0.897. The van der Waals surface area contributed by atoms with E-state index < -0.39 is 0 Å². The van der Waals surface area contributed by atoms with Gasteiger partial charge in [-0.05, 0) is 123 Å². The monoisotopic (exact) mass is 854 g/mol. The zero-order valence-corrected chi connectivity index (χ0v) is 36.6. The lowest BCUT2D eigenvalue weighted by Gasteiger charge is -2.29. The molecule has 0 radical (unpaired) electrons. The van der Waals surface area contributed by atoms with Crippen molar-refractivity contribution >= 4 is 71.6 Å². The number of furan rings is 1. The van der Waals surface area contributed by atoms with Crippen LogP contribution in [0, 0.1) is 0 Å². The van der Waals surface area contributed by atoms with E-state index in [2.05, 4.69) is 252 Å². The highest BCUT2D eigenvalue weighted by Gasteiger charge is 2.21. The van der Waals surface area contributed by atoms with Gasteiger partial charge in [0.05, 0.1) is 16.7 Å². The summed E-state index contributed by atoms with van der Waals surface area (Å²) in [5.41, 5.74) is 17.9. The summed E-state index contributed by atoms with van der Waals surface area (Å²) in [7, 11) is 0. The van der Waals surface area contributed by atoms with E-state index in [0.29, 0.717) is 0 Å². The van der Waals surface area contributed by atoms with Gasteiger partial charge in [-0.2, -0.15) is 0 Å². The number of hydrogen-bond acceptors (Lipinski definition) is 2. The maximum absolute atomic E-state index is 6.19. The second-order valence-corrected chi connectivity index (χ2v) is 17.3. The van der Waals surface area contributed by atoms with Crippen molar-refractivity contribution in [1.29, 1.82) is 0 Å². The van der Waals surface area contributed by atoms with Crippen LogP contribution in [-0.2, 0) is 0 Å². The number of rotatable bonds is 8. The molecule has 0 spiro atoms. The van der Waals surface area contributed by atoms with Crippen LogP contribution >= 0.6 is 0 Å². The summed E-state index contributed by atoms with van der Waals surface area (Å²) in [5, 5.41) is 7.17. The van der Waals surface area contributed by atoms with E-state index in [4.69, 9.17) is 4.42 Å². The topological polar surface area (TPSA) is 21.3 Å². The molecule has 0 amide bonds. The summed E-state index contributed by atoms with van der Waals surface area (Å²) in [6.07, 6.45) is 0. The van der Waals surface area contributed by atoms with Gasteiger partial charge in [-0.25, -0.2) is 0 Å². The molecule has 0 atom stereocenters. The Labute approximate surface area is 388 Å². The average molecular weight is 855 g/mol. The molecule has 0 aliphatic carbocycles. The molecule has 13 rings (SSSR count). The van der Waals surface area contributed by atoms with Crippen LogP contribution in [0.1, 0.15) is 0 Å². The first-order valence-electron chi connectivity index (χ1n) is 22.9. The first-order chi connectivity index (χ1) is 33.2. The molecule has 3 nitrogen and oxygen atoms in total. The van der Waals surface area contributed by atoms with Crippen LogP contribution in [0.15, 0.2) is 259 Å². The Balaban J connectivity index is 0.989. The molecule has 0 unspecified atom stereocenters. The fraction of sp³-hybridized carbons (Fsp3) is 0. The van der Waals surface area contributed by atoms with E-state index in [0.717, 1.165) is 72.5 Å². The van der Waals surface area contributed by atoms with Gasteiger partial charge in [0.1, 0.15) is 11.2 Å². The Hall–Kier alpha value is -8.92. The third-order valence-corrected chi connectivity index (χ3v) is 13.4. The molecule has 0 N–H and O–H groups in total. The number of nitrogens with zero attached hydrogens (tertiary/aromatic N) is 2. The van der Waals surface area contributed by atoms with E-state index >= 15 is 0 Å². The molecule has 0 aliphatic rings. The predicted octanol–water partition coefficient (Wildman–Crippen LogP) is 18.0. The predicted molar refractivity (Wildman–Crippen MR) is 282 cm³/mol. The van der Waals surface area contributed by atoms with Gasteiger partial charge < -0.3 is 13.9 Å². The molecule has 3 heteroatoms. The Bertz CT molecular complexity index is 3970. The lowest BCUT2D eigenvalue weighted by atomic mass is 9.90. The summed E-state index contributed by atoms with van der Waals surface area (Å²) in [4.78, 5) is 2.43. The van der Waals surface area contributed by atoms with Crippen LogP contribution in [0.5, 0.6) is 0 Å². The molecular formula is C64H42N2O. The maximum atomic E-state index is 6.19. The maximum Gasteiger partial charge on any atom is 0.135 e. The van der Waals surface area contributed by atoms with E-state index in [1.54, 1.807) is 0 Å². The van der Waals surface area contributed by atoms with Gasteiger partial charge in [0.2, 0.25) is 0 Å². The van der Waals surface area contributed by atoms with Crippen molar-refractivity contribution in [1.82, 2.24) is 4.57 Å². The standard InChI is InChI=1S/C64H42N2O/c1-3-16-44(17-4-1)52-27-14-18-45-19-15-28-57(64(45)52)54-25-8-10-29-59(54)65(50-36-32-43(33-37-50)47-35-39-63-58(41-47)56-26-9-12-31-62(56)67-63)51-23-13-20-46(40-51)48-34-38-55-53-24-7-11-30-60(53)66(61(55)42-48)49-21-5-2-6-22-49/h1-42H. The molecule has 0 fully saturated rings. The van der Waals surface area contributed by atoms with Crippen molar-refractivity contribution in [3.8, 4) is 50.2 Å². The summed E-state index contributed by atoms with van der Waals surface area (Å²) < 4.78 is 8.58. The van der Waals surface area contributed by atoms with Crippen LogP contribution in [0.2, 0.25) is 0 Å². The smallest absolute Gasteiger partial charge is 0.135 e. The van der Waals surface area contributed by atoms with Gasteiger partial charge in [0.25, 0.3) is 0 Å². The van der Waals surface area contributed by atoms with Crippen LogP contribution in [0.3, 0.4) is 0 Å². The molecule has 0 bridgehead atoms. The lowest BCUT2D eigenvalue weighted by molar-refractivity contribution is 0.669. The highest BCUT2D eigenvalue weighted by atomic mass is 16.3. The van der Waals surface area contributed by atoms with Crippen molar-refractivity contribution in [3.63, 3.8) is 0 Å². The number of hydrogen-bond donors (Lipinski definition) is 0. The number of benzene rings is 11. The van der Waals surface area contributed by atoms with Crippen molar-refractivity contribution in [2.24, 2.45) is 0 Å². The first-order valence-corrected chi connectivity index (χ1v) is 22.9. The zero-order valence-electron chi connectivity index (χ0n) is 36.6. The van der Waals surface area contributed by atoms with E-state index in [-0.39, 0.29) is 0 Å². The zero-order chi connectivity index (χ0) is 44.3. The van der Waals surface area contributed by atoms with Crippen LogP contribution in [-0.4, -0.2) is 4.57 Å². The lowest BCUT2D eigenvalue weighted by Crippen LogP contribution is -2.11. The van der Waals surface area contributed by atoms with Crippen molar-refractivity contribution in [2.45, 2.75) is 0 Å². The molecule has 13 aromatic rings. The highest BCUT2D eigenvalue weighted by Crippen LogP contribution is 2.46. The van der Waals surface area contributed by atoms with Crippen molar-refractivity contribution < 1.29 is 4.42 Å². The quantitative estimate of drug-likeness (QED) is 0.152. The van der Waals surface area contributed by atoms with Gasteiger partial charge >= 0.3 is 0 Å². The third kappa shape index (κ3) is 6.59. The second-order valence-electron chi connectivity index (χ2n) is 17.3. The fourth-order valence-corrected chi connectivity index (χ4v) is 10.3. The summed E-state index contributed by atoms with van der Waals surface area (Å²) in [6.45, 7) is 0. The minimum Gasteiger partial charge on any atom is -0.456 e. The number of anilines is 3. The van der Waals surface area contributed by atoms with Gasteiger partial charge in [-0.1, -0.05) is 182 Å². The first kappa shape index (κ1) is 38.5. The summed E-state index contributed by atoms with van der Waals surface area (Å²) in [5.74, 6) is 0. The fourth-order valence-electron chi connectivity index (χ4n) is 10.3. The Morgan fingerprint density at radius 3 is 1.76 bits per heavy atom. The molecule has 0 aliphatic heterocycles. The molecule has 0 saturated carbocycles. The normalized spacial score (nSPS) is 11.6. The Morgan fingerprint density at radius 2 is 0.910 bits per heavy atom. The molecule has 2 aromatic heterocycles. The van der Waals surface area contributed by atoms with Crippen LogP contribution in [0.4, 0.5) is 17.1 Å². The molecular weight excluding hydrogens is 813 g/mol. The van der Waals surface area contributed by atoms with Gasteiger partial charge in [-0.15, -0.1) is 0 Å². The molecule has 11 aromatic carbocycles. The van der Waals surface area contributed by atoms with Gasteiger partial charge in [0, 0.05) is 44.2 Å². The summed E-state index contributed by atoms with van der Waals surface area (Å²) >= 11 is 0. The molecule has 0 saturated heterocycles. The SMILES string of the molecule is c1ccc(-c2cccc3cccc(-c4ccccc4N(c4ccc(-c5ccc6oc7ccccc7c6c5)cc4)c4cccc(-c5ccc6c7ccccc7n(-c7ccccc7)c6c5)c4)c23)cc1.